The Hall–Kier alpha value is -1.13. The molecule has 2 aromatic rings. The summed E-state index contributed by atoms with van der Waals surface area (Å²) in [4.78, 5) is 0. The van der Waals surface area contributed by atoms with Gasteiger partial charge in [0, 0.05) is 10.4 Å². The largest absolute Gasteiger partial charge is 0.483 e. The van der Waals surface area contributed by atoms with Crippen LogP contribution >= 0.6 is 27.5 Å². The molecule has 0 saturated heterocycles. The molecule has 19 heavy (non-hydrogen) atoms. The van der Waals surface area contributed by atoms with E-state index in [9.17, 15) is 8.78 Å². The molecule has 0 spiro atoms. The van der Waals surface area contributed by atoms with Crippen LogP contribution < -0.4 is 4.74 Å². The maximum Gasteiger partial charge on any atom is 0.191 e. The fourth-order valence-corrected chi connectivity index (χ4v) is 2.01. The van der Waals surface area contributed by atoms with Crippen LogP contribution in [0.4, 0.5) is 8.78 Å². The minimum Gasteiger partial charge on any atom is -0.483 e. The van der Waals surface area contributed by atoms with Crippen molar-refractivity contribution in [1.82, 2.24) is 0 Å². The van der Waals surface area contributed by atoms with Crippen LogP contribution in [-0.4, -0.2) is 0 Å². The van der Waals surface area contributed by atoms with Crippen LogP contribution in [0.1, 0.15) is 11.1 Å². The Bertz CT molecular complexity index is 549. The molecule has 0 aromatic heterocycles. The molecule has 2 rings (SSSR count). The Kier molecular flexibility index (Phi) is 4.77. The van der Waals surface area contributed by atoms with E-state index < -0.39 is 11.6 Å². The van der Waals surface area contributed by atoms with Crippen molar-refractivity contribution in [1.29, 1.82) is 0 Å². The molecule has 0 aliphatic carbocycles. The van der Waals surface area contributed by atoms with Gasteiger partial charge in [0.15, 0.2) is 17.4 Å². The third kappa shape index (κ3) is 3.67. The Morgan fingerprint density at radius 2 is 1.58 bits per heavy atom. The zero-order valence-corrected chi connectivity index (χ0v) is 12.1. The van der Waals surface area contributed by atoms with Crippen LogP contribution in [-0.2, 0) is 11.9 Å². The van der Waals surface area contributed by atoms with Gasteiger partial charge in [0.2, 0.25) is 0 Å². The van der Waals surface area contributed by atoms with E-state index in [1.807, 2.05) is 0 Å². The third-order valence-electron chi connectivity index (χ3n) is 2.51. The fraction of sp³-hybridized carbons (Fsp3) is 0.143. The molecule has 0 fully saturated rings. The summed E-state index contributed by atoms with van der Waals surface area (Å²) >= 11 is 8.89. The second kappa shape index (κ2) is 6.35. The van der Waals surface area contributed by atoms with E-state index in [2.05, 4.69) is 15.9 Å². The Morgan fingerprint density at radius 1 is 1.00 bits per heavy atom. The van der Waals surface area contributed by atoms with Crippen LogP contribution in [0, 0.1) is 11.6 Å². The van der Waals surface area contributed by atoms with E-state index >= 15 is 0 Å². The number of alkyl halides is 1. The predicted octanol–water partition coefficient (Wildman–Crippen LogP) is 5.09. The van der Waals surface area contributed by atoms with Gasteiger partial charge in [-0.2, -0.15) is 0 Å². The Labute approximate surface area is 123 Å². The summed E-state index contributed by atoms with van der Waals surface area (Å²) in [6.45, 7) is 0.0820. The van der Waals surface area contributed by atoms with E-state index in [4.69, 9.17) is 16.3 Å². The normalized spacial score (nSPS) is 10.5. The van der Waals surface area contributed by atoms with E-state index in [-0.39, 0.29) is 12.4 Å². The van der Waals surface area contributed by atoms with Gasteiger partial charge in [-0.05, 0) is 35.4 Å². The van der Waals surface area contributed by atoms with Crippen LogP contribution in [0.15, 0.2) is 36.4 Å². The average Bonchev–Trinajstić information content (AvgIpc) is 2.39. The lowest BCUT2D eigenvalue weighted by Gasteiger charge is -2.09. The minimum atomic E-state index is -0.705. The smallest absolute Gasteiger partial charge is 0.191 e. The summed E-state index contributed by atoms with van der Waals surface area (Å²) in [5, 5.41) is 0.987. The number of hydrogen-bond donors (Lipinski definition) is 0. The fourth-order valence-electron chi connectivity index (χ4n) is 1.56. The first kappa shape index (κ1) is 14.3. The Balaban J connectivity index is 2.13. The quantitative estimate of drug-likeness (QED) is 0.700. The number of benzene rings is 2. The molecule has 0 amide bonds. The standard InChI is InChI=1S/C14H10BrClF2O/c15-7-10-5-12(17)14(13(18)6-10)19-8-9-1-3-11(16)4-2-9/h1-6H,7-8H2. The lowest BCUT2D eigenvalue weighted by atomic mass is 10.2. The summed E-state index contributed by atoms with van der Waals surface area (Å²) in [6.07, 6.45) is 0. The van der Waals surface area contributed by atoms with E-state index in [0.717, 1.165) is 5.56 Å². The van der Waals surface area contributed by atoms with Crippen molar-refractivity contribution in [2.45, 2.75) is 11.9 Å². The van der Waals surface area contributed by atoms with Crippen LogP contribution in [0.5, 0.6) is 5.75 Å². The van der Waals surface area contributed by atoms with Crippen molar-refractivity contribution < 1.29 is 13.5 Å². The second-order valence-corrected chi connectivity index (χ2v) is 4.93. The van der Waals surface area contributed by atoms with Gasteiger partial charge < -0.3 is 4.74 Å². The summed E-state index contributed by atoms with van der Waals surface area (Å²) in [6, 6.07) is 9.36. The molecular weight excluding hydrogens is 338 g/mol. The molecule has 0 saturated carbocycles. The van der Waals surface area contributed by atoms with E-state index in [1.54, 1.807) is 24.3 Å². The highest BCUT2D eigenvalue weighted by Crippen LogP contribution is 2.25. The summed E-state index contributed by atoms with van der Waals surface area (Å²) in [5.74, 6) is -1.77. The van der Waals surface area contributed by atoms with Gasteiger partial charge in [0.05, 0.1) is 0 Å². The molecule has 2 aromatic carbocycles. The molecule has 0 atom stereocenters. The molecular formula is C14H10BrClF2O. The molecule has 0 N–H and O–H groups in total. The van der Waals surface area contributed by atoms with Crippen molar-refractivity contribution in [3.63, 3.8) is 0 Å². The van der Waals surface area contributed by atoms with Crippen LogP contribution in [0.3, 0.4) is 0 Å². The lowest BCUT2D eigenvalue weighted by Crippen LogP contribution is -2.00. The topological polar surface area (TPSA) is 9.23 Å². The van der Waals surface area contributed by atoms with Crippen molar-refractivity contribution in [2.75, 3.05) is 0 Å². The summed E-state index contributed by atoms with van der Waals surface area (Å²) in [7, 11) is 0. The number of hydrogen-bond acceptors (Lipinski definition) is 1. The Morgan fingerprint density at radius 3 is 2.11 bits per heavy atom. The van der Waals surface area contributed by atoms with E-state index in [0.29, 0.717) is 15.9 Å². The van der Waals surface area contributed by atoms with Crippen LogP contribution in [0.2, 0.25) is 5.02 Å². The molecule has 0 radical (unpaired) electrons. The van der Waals surface area contributed by atoms with Gasteiger partial charge in [-0.1, -0.05) is 39.7 Å². The maximum atomic E-state index is 13.7. The van der Waals surface area contributed by atoms with Gasteiger partial charge in [-0.25, -0.2) is 8.78 Å². The van der Waals surface area contributed by atoms with Crippen LogP contribution in [0.25, 0.3) is 0 Å². The molecule has 5 heteroatoms. The van der Waals surface area contributed by atoms with Gasteiger partial charge >= 0.3 is 0 Å². The van der Waals surface area contributed by atoms with Crippen molar-refractivity contribution in [2.24, 2.45) is 0 Å². The second-order valence-electron chi connectivity index (χ2n) is 3.94. The van der Waals surface area contributed by atoms with Gasteiger partial charge in [0.25, 0.3) is 0 Å². The first-order valence-electron chi connectivity index (χ1n) is 5.51. The number of ether oxygens (including phenoxy) is 1. The molecule has 100 valence electrons. The zero-order valence-electron chi connectivity index (χ0n) is 9.80. The first-order valence-corrected chi connectivity index (χ1v) is 7.01. The highest BCUT2D eigenvalue weighted by atomic mass is 79.9. The van der Waals surface area contributed by atoms with E-state index in [1.165, 1.54) is 12.1 Å². The third-order valence-corrected chi connectivity index (χ3v) is 3.41. The van der Waals surface area contributed by atoms with Gasteiger partial charge in [0.1, 0.15) is 6.61 Å². The highest BCUT2D eigenvalue weighted by molar-refractivity contribution is 9.08. The van der Waals surface area contributed by atoms with Gasteiger partial charge in [-0.15, -0.1) is 0 Å². The molecule has 0 aliphatic heterocycles. The number of halogens is 4. The highest BCUT2D eigenvalue weighted by Gasteiger charge is 2.12. The van der Waals surface area contributed by atoms with Gasteiger partial charge in [-0.3, -0.25) is 0 Å². The molecule has 0 heterocycles. The SMILES string of the molecule is Fc1cc(CBr)cc(F)c1OCc1ccc(Cl)cc1. The molecule has 1 nitrogen and oxygen atoms in total. The first-order chi connectivity index (χ1) is 9.10. The summed E-state index contributed by atoms with van der Waals surface area (Å²) < 4.78 is 32.5. The van der Waals surface area contributed by atoms with Crippen molar-refractivity contribution in [3.05, 3.63) is 64.2 Å². The zero-order chi connectivity index (χ0) is 13.8. The molecule has 0 aliphatic rings. The molecule has 0 unspecified atom stereocenters. The monoisotopic (exact) mass is 346 g/mol. The lowest BCUT2D eigenvalue weighted by molar-refractivity contribution is 0.274. The van der Waals surface area contributed by atoms with Crippen molar-refractivity contribution in [3.8, 4) is 5.75 Å². The predicted molar refractivity (Wildman–Crippen MR) is 74.8 cm³/mol. The minimum absolute atomic E-state index is 0.0820. The average molecular weight is 348 g/mol. The number of rotatable bonds is 4. The summed E-state index contributed by atoms with van der Waals surface area (Å²) in [5.41, 5.74) is 1.31. The van der Waals surface area contributed by atoms with Crippen molar-refractivity contribution >= 4 is 27.5 Å². The molecule has 0 bridgehead atoms. The maximum absolute atomic E-state index is 13.7.